The highest BCUT2D eigenvalue weighted by Crippen LogP contribution is 2.27. The SMILES string of the molecule is O=C1NC(c2cc3ccccc3nc2Cl)CO1. The summed E-state index contributed by atoms with van der Waals surface area (Å²) in [5.74, 6) is 0. The predicted molar refractivity (Wildman–Crippen MR) is 64.0 cm³/mol. The van der Waals surface area contributed by atoms with E-state index >= 15 is 0 Å². The number of cyclic esters (lactones) is 1. The van der Waals surface area contributed by atoms with Crippen molar-refractivity contribution in [3.63, 3.8) is 0 Å². The standard InChI is InChI=1S/C12H9ClN2O2/c13-11-8(10-6-17-12(16)15-10)5-7-3-1-2-4-9(7)14-11/h1-5,10H,6H2,(H,15,16). The summed E-state index contributed by atoms with van der Waals surface area (Å²) in [5, 5.41) is 4.09. The third-order valence-electron chi connectivity index (χ3n) is 2.75. The van der Waals surface area contributed by atoms with Crippen molar-refractivity contribution < 1.29 is 9.53 Å². The minimum Gasteiger partial charge on any atom is -0.447 e. The van der Waals surface area contributed by atoms with Crippen LogP contribution in [-0.2, 0) is 4.74 Å². The third kappa shape index (κ3) is 1.80. The number of nitrogens with one attached hydrogen (secondary N) is 1. The van der Waals surface area contributed by atoms with Crippen LogP contribution in [0.2, 0.25) is 5.15 Å². The summed E-state index contributed by atoms with van der Waals surface area (Å²) in [6.07, 6.45) is -0.417. The van der Waals surface area contributed by atoms with E-state index in [1.54, 1.807) is 0 Å². The molecule has 1 aromatic heterocycles. The molecule has 1 aliphatic rings. The zero-order valence-corrected chi connectivity index (χ0v) is 9.57. The molecule has 1 fully saturated rings. The second-order valence-corrected chi connectivity index (χ2v) is 4.21. The first-order chi connectivity index (χ1) is 8.24. The van der Waals surface area contributed by atoms with Gasteiger partial charge in [-0.3, -0.25) is 0 Å². The zero-order valence-electron chi connectivity index (χ0n) is 8.81. The number of ether oxygens (including phenoxy) is 1. The Kier molecular flexibility index (Phi) is 2.37. The van der Waals surface area contributed by atoms with Gasteiger partial charge in [0, 0.05) is 10.9 Å². The predicted octanol–water partition coefficient (Wildman–Crippen LogP) is 2.67. The number of halogens is 1. The number of carbonyl (C=O) groups is 1. The zero-order chi connectivity index (χ0) is 11.8. The van der Waals surface area contributed by atoms with Gasteiger partial charge in [0.2, 0.25) is 0 Å². The fourth-order valence-corrected chi connectivity index (χ4v) is 2.18. The average Bonchev–Trinajstić information content (AvgIpc) is 2.75. The van der Waals surface area contributed by atoms with E-state index in [2.05, 4.69) is 10.3 Å². The molecule has 0 spiro atoms. The van der Waals surface area contributed by atoms with Crippen LogP contribution in [0.5, 0.6) is 0 Å². The summed E-state index contributed by atoms with van der Waals surface area (Å²) in [6, 6.07) is 9.42. The highest BCUT2D eigenvalue weighted by Gasteiger charge is 2.26. The monoisotopic (exact) mass is 248 g/mol. The van der Waals surface area contributed by atoms with Crippen LogP contribution in [-0.4, -0.2) is 17.7 Å². The van der Waals surface area contributed by atoms with Gasteiger partial charge in [-0.2, -0.15) is 0 Å². The van der Waals surface area contributed by atoms with Gasteiger partial charge in [0.15, 0.2) is 0 Å². The van der Waals surface area contributed by atoms with E-state index in [-0.39, 0.29) is 6.04 Å². The fourth-order valence-electron chi connectivity index (χ4n) is 1.91. The molecule has 2 heterocycles. The third-order valence-corrected chi connectivity index (χ3v) is 3.06. The Bertz CT molecular complexity index is 600. The van der Waals surface area contributed by atoms with Gasteiger partial charge in [-0.25, -0.2) is 9.78 Å². The molecule has 1 atom stereocenters. The number of benzene rings is 1. The molecule has 0 bridgehead atoms. The maximum Gasteiger partial charge on any atom is 0.407 e. The molecule has 1 saturated heterocycles. The van der Waals surface area contributed by atoms with E-state index in [0.717, 1.165) is 16.5 Å². The van der Waals surface area contributed by atoms with Gasteiger partial charge in [0.25, 0.3) is 0 Å². The van der Waals surface area contributed by atoms with Crippen LogP contribution in [0.15, 0.2) is 30.3 Å². The van der Waals surface area contributed by atoms with Gasteiger partial charge in [-0.05, 0) is 12.1 Å². The first-order valence-corrected chi connectivity index (χ1v) is 5.60. The number of para-hydroxylation sites is 1. The van der Waals surface area contributed by atoms with Crippen molar-refractivity contribution >= 4 is 28.6 Å². The lowest BCUT2D eigenvalue weighted by Crippen LogP contribution is -2.18. The second kappa shape index (κ2) is 3.89. The Morgan fingerprint density at radius 2 is 2.24 bits per heavy atom. The van der Waals surface area contributed by atoms with Gasteiger partial charge < -0.3 is 10.1 Å². The number of hydrogen-bond acceptors (Lipinski definition) is 3. The number of rotatable bonds is 1. The molecule has 0 aliphatic carbocycles. The topological polar surface area (TPSA) is 51.2 Å². The van der Waals surface area contributed by atoms with Crippen LogP contribution in [0, 0.1) is 0 Å². The maximum atomic E-state index is 11.0. The Morgan fingerprint density at radius 1 is 1.41 bits per heavy atom. The van der Waals surface area contributed by atoms with Crippen molar-refractivity contribution in [3.8, 4) is 0 Å². The minimum absolute atomic E-state index is 0.216. The Balaban J connectivity index is 2.10. The van der Waals surface area contributed by atoms with Crippen molar-refractivity contribution in [3.05, 3.63) is 41.0 Å². The maximum absolute atomic E-state index is 11.0. The molecule has 1 N–H and O–H groups in total. The number of aromatic nitrogens is 1. The van der Waals surface area contributed by atoms with Gasteiger partial charge >= 0.3 is 6.09 Å². The van der Waals surface area contributed by atoms with Crippen LogP contribution in [0.25, 0.3) is 10.9 Å². The van der Waals surface area contributed by atoms with Gasteiger partial charge in [0.1, 0.15) is 11.8 Å². The second-order valence-electron chi connectivity index (χ2n) is 3.86. The average molecular weight is 249 g/mol. The van der Waals surface area contributed by atoms with Gasteiger partial charge in [-0.1, -0.05) is 29.8 Å². The van der Waals surface area contributed by atoms with Crippen LogP contribution >= 0.6 is 11.6 Å². The molecular formula is C12H9ClN2O2. The summed E-state index contributed by atoms with van der Waals surface area (Å²) in [4.78, 5) is 15.3. The number of pyridine rings is 1. The van der Waals surface area contributed by atoms with Crippen molar-refractivity contribution in [2.24, 2.45) is 0 Å². The van der Waals surface area contributed by atoms with Gasteiger partial charge in [0.05, 0.1) is 11.6 Å². The largest absolute Gasteiger partial charge is 0.447 e. The van der Waals surface area contributed by atoms with E-state index in [1.165, 1.54) is 0 Å². The highest BCUT2D eigenvalue weighted by atomic mass is 35.5. The summed E-state index contributed by atoms with van der Waals surface area (Å²) in [6.45, 7) is 0.290. The minimum atomic E-state index is -0.417. The van der Waals surface area contributed by atoms with Crippen molar-refractivity contribution in [2.45, 2.75) is 6.04 Å². The summed E-state index contributed by atoms with van der Waals surface area (Å²) >= 11 is 6.11. The first kappa shape index (κ1) is 10.4. The number of nitrogens with zero attached hydrogens (tertiary/aromatic N) is 1. The van der Waals surface area contributed by atoms with E-state index in [0.29, 0.717) is 11.8 Å². The Hall–Kier alpha value is -1.81. The quantitative estimate of drug-likeness (QED) is 0.790. The summed E-state index contributed by atoms with van der Waals surface area (Å²) in [7, 11) is 0. The molecule has 5 heteroatoms. The van der Waals surface area contributed by atoms with E-state index in [1.807, 2.05) is 30.3 Å². The van der Waals surface area contributed by atoms with E-state index in [9.17, 15) is 4.79 Å². The molecule has 86 valence electrons. The molecule has 3 rings (SSSR count). The Morgan fingerprint density at radius 3 is 3.00 bits per heavy atom. The lowest BCUT2D eigenvalue weighted by Gasteiger charge is -2.10. The van der Waals surface area contributed by atoms with Crippen LogP contribution in [0.4, 0.5) is 4.79 Å². The molecule has 1 amide bonds. The Labute approximate surface area is 103 Å². The number of alkyl carbamates (subject to hydrolysis) is 1. The van der Waals surface area contributed by atoms with E-state index < -0.39 is 6.09 Å². The number of fused-ring (bicyclic) bond motifs is 1. The number of hydrogen-bond donors (Lipinski definition) is 1. The van der Waals surface area contributed by atoms with Crippen molar-refractivity contribution in [2.75, 3.05) is 6.61 Å². The molecule has 2 aromatic rings. The number of carbonyl (C=O) groups excluding carboxylic acids is 1. The number of amides is 1. The first-order valence-electron chi connectivity index (χ1n) is 5.22. The lowest BCUT2D eigenvalue weighted by molar-refractivity contribution is 0.177. The van der Waals surface area contributed by atoms with Crippen LogP contribution < -0.4 is 5.32 Å². The van der Waals surface area contributed by atoms with Crippen molar-refractivity contribution in [1.29, 1.82) is 0 Å². The molecule has 1 aromatic carbocycles. The highest BCUT2D eigenvalue weighted by molar-refractivity contribution is 6.30. The normalized spacial score (nSPS) is 19.1. The molecule has 0 radical (unpaired) electrons. The lowest BCUT2D eigenvalue weighted by atomic mass is 10.1. The van der Waals surface area contributed by atoms with Crippen molar-refractivity contribution in [1.82, 2.24) is 10.3 Å². The van der Waals surface area contributed by atoms with Gasteiger partial charge in [-0.15, -0.1) is 0 Å². The molecular weight excluding hydrogens is 240 g/mol. The van der Waals surface area contributed by atoms with E-state index in [4.69, 9.17) is 16.3 Å². The fraction of sp³-hybridized carbons (Fsp3) is 0.167. The molecule has 1 unspecified atom stereocenters. The molecule has 1 aliphatic heterocycles. The van der Waals surface area contributed by atoms with Crippen LogP contribution in [0.3, 0.4) is 0 Å². The molecule has 0 saturated carbocycles. The van der Waals surface area contributed by atoms with Crippen LogP contribution in [0.1, 0.15) is 11.6 Å². The summed E-state index contributed by atoms with van der Waals surface area (Å²) < 4.78 is 4.85. The molecule has 17 heavy (non-hydrogen) atoms. The molecule has 4 nitrogen and oxygen atoms in total. The summed E-state index contributed by atoms with van der Waals surface area (Å²) in [5.41, 5.74) is 1.63. The smallest absolute Gasteiger partial charge is 0.407 e.